The number of allylic oxidation sites excluding steroid dienone is 2. The fourth-order valence-corrected chi connectivity index (χ4v) is 8.08. The SMILES string of the molecule is C[C@]12CC[C@H]3[C@@H](CCC4=CC(=NOCC(=O)NC(Cc5ccccc5)C(=O)O)CC[C@@]43C)[C@@H]1CC[C@H]2O. The molecule has 3 fully saturated rings. The van der Waals surface area contributed by atoms with Crippen LogP contribution in [0.3, 0.4) is 0 Å². The third-order valence-electron chi connectivity index (χ3n) is 10.2. The first kappa shape index (κ1) is 26.0. The van der Waals surface area contributed by atoms with Crippen LogP contribution >= 0.6 is 0 Å². The van der Waals surface area contributed by atoms with Gasteiger partial charge in [-0.1, -0.05) is 54.9 Å². The Hall–Kier alpha value is -2.67. The van der Waals surface area contributed by atoms with Crippen LogP contribution in [-0.4, -0.2) is 46.6 Å². The Morgan fingerprint density at radius 1 is 1.08 bits per heavy atom. The van der Waals surface area contributed by atoms with Crippen LogP contribution in [0.2, 0.25) is 0 Å². The average molecular weight is 509 g/mol. The summed E-state index contributed by atoms with van der Waals surface area (Å²) in [5.41, 5.74) is 3.40. The highest BCUT2D eigenvalue weighted by Crippen LogP contribution is 2.65. The van der Waals surface area contributed by atoms with Crippen LogP contribution in [0.5, 0.6) is 0 Å². The second-order valence-corrected chi connectivity index (χ2v) is 12.1. The molecule has 1 amide bonds. The van der Waals surface area contributed by atoms with Crippen molar-refractivity contribution in [2.24, 2.45) is 33.7 Å². The maximum absolute atomic E-state index is 12.4. The van der Waals surface area contributed by atoms with Crippen molar-refractivity contribution in [1.82, 2.24) is 5.32 Å². The molecule has 0 saturated heterocycles. The molecule has 7 nitrogen and oxygen atoms in total. The van der Waals surface area contributed by atoms with Gasteiger partial charge in [0.1, 0.15) is 6.04 Å². The summed E-state index contributed by atoms with van der Waals surface area (Å²) in [6, 6.07) is 8.21. The Kier molecular flexibility index (Phi) is 7.18. The standard InChI is InChI=1S/C30H40N2O5/c1-29-14-12-21(32-37-18-27(34)31-25(28(35)36)16-19-6-4-3-5-7-19)17-20(29)8-9-22-23-10-11-26(33)30(23,2)15-13-24(22)29/h3-7,17,22-26,33H,8-16,18H2,1-2H3,(H,31,34)(H,35,36)/t22-,23-,24-,25?,26+,29-,30-/m0/s1. The number of carboxylic acid groups (broad SMARTS) is 1. The molecule has 5 rings (SSSR count). The average Bonchev–Trinajstić information content (AvgIpc) is 3.18. The van der Waals surface area contributed by atoms with E-state index in [1.54, 1.807) is 0 Å². The number of carboxylic acids is 1. The third kappa shape index (κ3) is 4.95. The number of nitrogens with zero attached hydrogens (tertiary/aromatic N) is 1. The molecule has 200 valence electrons. The number of amides is 1. The van der Waals surface area contributed by atoms with Gasteiger partial charge in [0, 0.05) is 6.42 Å². The molecule has 0 spiro atoms. The predicted molar refractivity (Wildman–Crippen MR) is 141 cm³/mol. The number of fused-ring (bicyclic) bond motifs is 5. The van der Waals surface area contributed by atoms with Gasteiger partial charge in [0.2, 0.25) is 0 Å². The molecule has 4 aliphatic carbocycles. The van der Waals surface area contributed by atoms with Crippen LogP contribution in [0, 0.1) is 28.6 Å². The monoisotopic (exact) mass is 508 g/mol. The summed E-state index contributed by atoms with van der Waals surface area (Å²) in [5, 5.41) is 27.0. The van der Waals surface area contributed by atoms with Crippen molar-refractivity contribution in [3.05, 3.63) is 47.5 Å². The summed E-state index contributed by atoms with van der Waals surface area (Å²) >= 11 is 0. The van der Waals surface area contributed by atoms with Crippen LogP contribution in [0.4, 0.5) is 0 Å². The van der Waals surface area contributed by atoms with Crippen molar-refractivity contribution in [2.75, 3.05) is 6.61 Å². The highest BCUT2D eigenvalue weighted by molar-refractivity contribution is 5.96. The quantitative estimate of drug-likeness (QED) is 0.470. The van der Waals surface area contributed by atoms with Gasteiger partial charge in [0.05, 0.1) is 11.8 Å². The number of hydrogen-bond donors (Lipinski definition) is 3. The molecule has 1 aromatic rings. The van der Waals surface area contributed by atoms with E-state index in [0.29, 0.717) is 17.8 Å². The molecular formula is C30H40N2O5. The van der Waals surface area contributed by atoms with E-state index in [-0.39, 0.29) is 30.0 Å². The smallest absolute Gasteiger partial charge is 0.326 e. The van der Waals surface area contributed by atoms with Crippen molar-refractivity contribution < 1.29 is 24.6 Å². The molecule has 4 aliphatic rings. The molecule has 1 unspecified atom stereocenters. The lowest BCUT2D eigenvalue weighted by molar-refractivity contribution is -0.142. The first-order valence-corrected chi connectivity index (χ1v) is 13.8. The maximum Gasteiger partial charge on any atom is 0.326 e. The van der Waals surface area contributed by atoms with Gasteiger partial charge in [0.25, 0.3) is 5.91 Å². The van der Waals surface area contributed by atoms with Gasteiger partial charge in [-0.2, -0.15) is 0 Å². The molecule has 0 heterocycles. The summed E-state index contributed by atoms with van der Waals surface area (Å²) < 4.78 is 0. The Labute approximate surface area is 219 Å². The van der Waals surface area contributed by atoms with E-state index in [4.69, 9.17) is 4.84 Å². The third-order valence-corrected chi connectivity index (χ3v) is 10.2. The van der Waals surface area contributed by atoms with E-state index in [9.17, 15) is 19.8 Å². The predicted octanol–water partition coefficient (Wildman–Crippen LogP) is 4.49. The van der Waals surface area contributed by atoms with Crippen molar-refractivity contribution >= 4 is 17.6 Å². The highest BCUT2D eigenvalue weighted by atomic mass is 16.6. The fourth-order valence-electron chi connectivity index (χ4n) is 8.08. The number of aliphatic hydroxyl groups excluding tert-OH is 1. The van der Waals surface area contributed by atoms with Gasteiger partial charge in [-0.25, -0.2) is 4.79 Å². The number of aliphatic carboxylic acids is 1. The number of aliphatic hydroxyl groups is 1. The lowest BCUT2D eigenvalue weighted by Gasteiger charge is -2.57. The zero-order chi connectivity index (χ0) is 26.2. The normalized spacial score (nSPS) is 36.5. The lowest BCUT2D eigenvalue weighted by Crippen LogP contribution is -2.51. The van der Waals surface area contributed by atoms with Crippen molar-refractivity contribution in [3.63, 3.8) is 0 Å². The van der Waals surface area contributed by atoms with Crippen LogP contribution < -0.4 is 5.32 Å². The molecule has 37 heavy (non-hydrogen) atoms. The molecule has 3 N–H and O–H groups in total. The minimum Gasteiger partial charge on any atom is -0.480 e. The van der Waals surface area contributed by atoms with Gasteiger partial charge in [-0.3, -0.25) is 4.79 Å². The Balaban J connectivity index is 1.18. The van der Waals surface area contributed by atoms with E-state index < -0.39 is 17.9 Å². The van der Waals surface area contributed by atoms with Gasteiger partial charge in [-0.05, 0) is 91.6 Å². The Bertz CT molecular complexity index is 1080. The largest absolute Gasteiger partial charge is 0.480 e. The number of nitrogens with one attached hydrogen (secondary N) is 1. The van der Waals surface area contributed by atoms with Gasteiger partial charge in [0.15, 0.2) is 6.61 Å². The zero-order valence-electron chi connectivity index (χ0n) is 22.0. The first-order chi connectivity index (χ1) is 17.7. The van der Waals surface area contributed by atoms with Gasteiger partial charge < -0.3 is 20.4 Å². The van der Waals surface area contributed by atoms with E-state index in [2.05, 4.69) is 30.4 Å². The van der Waals surface area contributed by atoms with Crippen molar-refractivity contribution in [1.29, 1.82) is 0 Å². The number of benzene rings is 1. The van der Waals surface area contributed by atoms with E-state index in [1.165, 1.54) is 18.4 Å². The summed E-state index contributed by atoms with van der Waals surface area (Å²) in [6.07, 6.45) is 10.7. The molecule has 0 aromatic heterocycles. The van der Waals surface area contributed by atoms with Crippen LogP contribution in [0.1, 0.15) is 70.8 Å². The number of oxime groups is 1. The second-order valence-electron chi connectivity index (χ2n) is 12.1. The van der Waals surface area contributed by atoms with Crippen LogP contribution in [0.25, 0.3) is 0 Å². The second kappa shape index (κ2) is 10.2. The molecule has 0 aliphatic heterocycles. The summed E-state index contributed by atoms with van der Waals surface area (Å²) in [7, 11) is 0. The summed E-state index contributed by atoms with van der Waals surface area (Å²) in [6.45, 7) is 4.43. The van der Waals surface area contributed by atoms with Crippen molar-refractivity contribution in [2.45, 2.75) is 83.8 Å². The van der Waals surface area contributed by atoms with Gasteiger partial charge in [-0.15, -0.1) is 0 Å². The van der Waals surface area contributed by atoms with E-state index >= 15 is 0 Å². The summed E-state index contributed by atoms with van der Waals surface area (Å²) in [4.78, 5) is 29.4. The molecular weight excluding hydrogens is 468 g/mol. The zero-order valence-corrected chi connectivity index (χ0v) is 22.0. The number of carbonyl (C=O) groups is 2. The molecule has 0 radical (unpaired) electrons. The Morgan fingerprint density at radius 2 is 1.86 bits per heavy atom. The van der Waals surface area contributed by atoms with Crippen LogP contribution in [-0.2, 0) is 20.8 Å². The minimum atomic E-state index is -1.08. The highest BCUT2D eigenvalue weighted by Gasteiger charge is 2.58. The minimum absolute atomic E-state index is 0.0924. The number of carbonyl (C=O) groups excluding carboxylic acids is 1. The fraction of sp³-hybridized carbons (Fsp3) is 0.633. The Morgan fingerprint density at radius 3 is 2.62 bits per heavy atom. The molecule has 7 atom stereocenters. The molecule has 7 heteroatoms. The summed E-state index contributed by atoms with van der Waals surface area (Å²) in [5.74, 6) is 0.403. The number of hydrogen-bond acceptors (Lipinski definition) is 5. The van der Waals surface area contributed by atoms with Gasteiger partial charge >= 0.3 is 5.97 Å². The van der Waals surface area contributed by atoms with Crippen molar-refractivity contribution in [3.8, 4) is 0 Å². The molecule has 0 bridgehead atoms. The first-order valence-electron chi connectivity index (χ1n) is 13.8. The van der Waals surface area contributed by atoms with E-state index in [0.717, 1.165) is 49.8 Å². The molecule has 3 saturated carbocycles. The maximum atomic E-state index is 12.4. The van der Waals surface area contributed by atoms with Crippen LogP contribution in [0.15, 0.2) is 47.1 Å². The number of rotatable bonds is 7. The molecule has 1 aromatic carbocycles. The lowest BCUT2D eigenvalue weighted by atomic mass is 9.47. The topological polar surface area (TPSA) is 108 Å². The van der Waals surface area contributed by atoms with E-state index in [1.807, 2.05) is 30.3 Å².